The van der Waals surface area contributed by atoms with Gasteiger partial charge in [0.2, 0.25) is 11.8 Å². The molecular formula is C21H35N3O3. The van der Waals surface area contributed by atoms with Crippen molar-refractivity contribution >= 4 is 11.8 Å². The standard InChI is InChI=1S/C21H35N3O3/c25-19-8-7-17(15-24(19)18-5-1-2-6-18)20(26)22-16-21(9-3-4-10-21)23-11-13-27-14-12-23/h17-18H,1-16H2,(H,22,26). The summed E-state index contributed by atoms with van der Waals surface area (Å²) < 4.78 is 5.53. The zero-order valence-corrected chi connectivity index (χ0v) is 16.6. The second-order valence-corrected chi connectivity index (χ2v) is 8.97. The first-order valence-electron chi connectivity index (χ1n) is 11.1. The van der Waals surface area contributed by atoms with Crippen LogP contribution in [0.25, 0.3) is 0 Å². The van der Waals surface area contributed by atoms with E-state index in [1.807, 2.05) is 4.90 Å². The highest BCUT2D eigenvalue weighted by atomic mass is 16.5. The molecule has 0 aromatic rings. The van der Waals surface area contributed by atoms with E-state index in [0.29, 0.717) is 25.4 Å². The molecule has 27 heavy (non-hydrogen) atoms. The minimum atomic E-state index is -0.0357. The van der Waals surface area contributed by atoms with Crippen molar-refractivity contribution in [2.75, 3.05) is 39.4 Å². The maximum atomic E-state index is 13.0. The quantitative estimate of drug-likeness (QED) is 0.795. The van der Waals surface area contributed by atoms with Crippen molar-refractivity contribution in [1.29, 1.82) is 0 Å². The normalized spacial score (nSPS) is 30.0. The van der Waals surface area contributed by atoms with Gasteiger partial charge in [-0.05, 0) is 32.1 Å². The zero-order chi connectivity index (χ0) is 18.7. The number of piperidine rings is 1. The molecule has 1 N–H and O–H groups in total. The van der Waals surface area contributed by atoms with E-state index in [1.54, 1.807) is 0 Å². The fourth-order valence-electron chi connectivity index (χ4n) is 5.73. The summed E-state index contributed by atoms with van der Waals surface area (Å²) in [6, 6.07) is 0.377. The first kappa shape index (κ1) is 19.2. The number of nitrogens with one attached hydrogen (secondary N) is 1. The van der Waals surface area contributed by atoms with Crippen LogP contribution >= 0.6 is 0 Å². The largest absolute Gasteiger partial charge is 0.379 e. The van der Waals surface area contributed by atoms with Crippen LogP contribution in [0.3, 0.4) is 0 Å². The fourth-order valence-corrected chi connectivity index (χ4v) is 5.73. The Hall–Kier alpha value is -1.14. The van der Waals surface area contributed by atoms with Crippen molar-refractivity contribution < 1.29 is 14.3 Å². The van der Waals surface area contributed by atoms with E-state index >= 15 is 0 Å². The van der Waals surface area contributed by atoms with E-state index in [9.17, 15) is 9.59 Å². The molecule has 152 valence electrons. The predicted molar refractivity (Wildman–Crippen MR) is 103 cm³/mol. The highest BCUT2D eigenvalue weighted by Crippen LogP contribution is 2.35. The summed E-state index contributed by atoms with van der Waals surface area (Å²) >= 11 is 0. The number of morpholine rings is 1. The lowest BCUT2D eigenvalue weighted by molar-refractivity contribution is -0.140. The van der Waals surface area contributed by atoms with Crippen LogP contribution < -0.4 is 5.32 Å². The zero-order valence-electron chi connectivity index (χ0n) is 16.6. The number of ether oxygens (including phenoxy) is 1. The molecule has 2 saturated carbocycles. The summed E-state index contributed by atoms with van der Waals surface area (Å²) in [7, 11) is 0. The Bertz CT molecular complexity index is 535. The summed E-state index contributed by atoms with van der Waals surface area (Å²) in [5, 5.41) is 3.30. The number of amides is 2. The Morgan fingerprint density at radius 2 is 1.78 bits per heavy atom. The van der Waals surface area contributed by atoms with Gasteiger partial charge in [0.25, 0.3) is 0 Å². The molecule has 4 rings (SSSR count). The molecule has 0 aromatic carbocycles. The van der Waals surface area contributed by atoms with Crippen molar-refractivity contribution in [1.82, 2.24) is 15.1 Å². The Morgan fingerprint density at radius 1 is 1.07 bits per heavy atom. The second kappa shape index (κ2) is 8.48. The molecule has 1 unspecified atom stereocenters. The van der Waals surface area contributed by atoms with Gasteiger partial charge in [0.05, 0.1) is 19.1 Å². The van der Waals surface area contributed by atoms with Gasteiger partial charge in [0, 0.05) is 44.2 Å². The van der Waals surface area contributed by atoms with Crippen LogP contribution in [0.1, 0.15) is 64.2 Å². The number of carbonyl (C=O) groups excluding carboxylic acids is 2. The first-order valence-corrected chi connectivity index (χ1v) is 11.1. The van der Waals surface area contributed by atoms with Crippen molar-refractivity contribution in [3.05, 3.63) is 0 Å². The van der Waals surface area contributed by atoms with Gasteiger partial charge >= 0.3 is 0 Å². The SMILES string of the molecule is O=C(NCC1(N2CCOCC2)CCCC1)C1CCC(=O)N(C2CCCC2)C1. The highest BCUT2D eigenvalue weighted by Gasteiger charge is 2.41. The molecule has 4 aliphatic rings. The molecule has 0 aromatic heterocycles. The summed E-state index contributed by atoms with van der Waals surface area (Å²) in [6.45, 7) is 4.93. The van der Waals surface area contributed by atoms with Crippen LogP contribution in [0.5, 0.6) is 0 Å². The monoisotopic (exact) mass is 377 g/mol. The van der Waals surface area contributed by atoms with Crippen LogP contribution in [0.2, 0.25) is 0 Å². The minimum Gasteiger partial charge on any atom is -0.379 e. The van der Waals surface area contributed by atoms with E-state index in [2.05, 4.69) is 10.2 Å². The van der Waals surface area contributed by atoms with Gasteiger partial charge in [-0.1, -0.05) is 25.7 Å². The minimum absolute atomic E-state index is 0.0357. The lowest BCUT2D eigenvalue weighted by atomic mass is 9.92. The molecule has 6 nitrogen and oxygen atoms in total. The molecule has 0 radical (unpaired) electrons. The smallest absolute Gasteiger partial charge is 0.224 e. The molecular weight excluding hydrogens is 342 g/mol. The van der Waals surface area contributed by atoms with Crippen molar-refractivity contribution in [2.45, 2.75) is 75.8 Å². The van der Waals surface area contributed by atoms with Crippen molar-refractivity contribution in [3.8, 4) is 0 Å². The number of hydrogen-bond donors (Lipinski definition) is 1. The van der Waals surface area contributed by atoms with Gasteiger partial charge in [0.1, 0.15) is 0 Å². The molecule has 6 heteroatoms. The summed E-state index contributed by atoms with van der Waals surface area (Å²) in [5.74, 6) is 0.378. The molecule has 4 fully saturated rings. The third-order valence-electron chi connectivity index (χ3n) is 7.39. The lowest BCUT2D eigenvalue weighted by Gasteiger charge is -2.44. The maximum Gasteiger partial charge on any atom is 0.224 e. The van der Waals surface area contributed by atoms with E-state index < -0.39 is 0 Å². The molecule has 0 spiro atoms. The molecule has 2 heterocycles. The molecule has 2 aliphatic heterocycles. The van der Waals surface area contributed by atoms with E-state index in [0.717, 1.165) is 45.7 Å². The molecule has 2 saturated heterocycles. The number of rotatable bonds is 5. The van der Waals surface area contributed by atoms with Gasteiger partial charge < -0.3 is 15.0 Å². The topological polar surface area (TPSA) is 61.9 Å². The van der Waals surface area contributed by atoms with Gasteiger partial charge in [0.15, 0.2) is 0 Å². The van der Waals surface area contributed by atoms with Crippen LogP contribution in [-0.2, 0) is 14.3 Å². The maximum absolute atomic E-state index is 13.0. The van der Waals surface area contributed by atoms with Gasteiger partial charge in [-0.2, -0.15) is 0 Å². The average molecular weight is 378 g/mol. The second-order valence-electron chi connectivity index (χ2n) is 8.97. The Morgan fingerprint density at radius 3 is 2.48 bits per heavy atom. The van der Waals surface area contributed by atoms with Crippen LogP contribution in [0.4, 0.5) is 0 Å². The number of nitrogens with zero attached hydrogens (tertiary/aromatic N) is 2. The molecule has 1 atom stereocenters. The van der Waals surface area contributed by atoms with Gasteiger partial charge in [-0.25, -0.2) is 0 Å². The number of likely N-dealkylation sites (tertiary alicyclic amines) is 1. The third-order valence-corrected chi connectivity index (χ3v) is 7.39. The van der Waals surface area contributed by atoms with Crippen molar-refractivity contribution in [2.24, 2.45) is 5.92 Å². The van der Waals surface area contributed by atoms with E-state index in [-0.39, 0.29) is 23.3 Å². The van der Waals surface area contributed by atoms with Gasteiger partial charge in [-0.3, -0.25) is 14.5 Å². The van der Waals surface area contributed by atoms with E-state index in [1.165, 1.54) is 38.5 Å². The average Bonchev–Trinajstić information content (AvgIpc) is 3.40. The van der Waals surface area contributed by atoms with Crippen LogP contribution in [0, 0.1) is 5.92 Å². The summed E-state index contributed by atoms with van der Waals surface area (Å²) in [4.78, 5) is 29.9. The summed E-state index contributed by atoms with van der Waals surface area (Å²) in [6.07, 6.45) is 10.7. The lowest BCUT2D eigenvalue weighted by Crippen LogP contribution is -2.58. The van der Waals surface area contributed by atoms with Crippen molar-refractivity contribution in [3.63, 3.8) is 0 Å². The Labute approximate surface area is 163 Å². The van der Waals surface area contributed by atoms with Crippen LogP contribution in [0.15, 0.2) is 0 Å². The van der Waals surface area contributed by atoms with Gasteiger partial charge in [-0.15, -0.1) is 0 Å². The van der Waals surface area contributed by atoms with E-state index in [4.69, 9.17) is 4.74 Å². The third kappa shape index (κ3) is 4.16. The highest BCUT2D eigenvalue weighted by molar-refractivity contribution is 5.84. The van der Waals surface area contributed by atoms with Crippen LogP contribution in [-0.4, -0.2) is 72.6 Å². The molecule has 2 aliphatic carbocycles. The Kier molecular flexibility index (Phi) is 6.02. The Balaban J connectivity index is 1.34. The number of carbonyl (C=O) groups is 2. The first-order chi connectivity index (χ1) is 13.2. The predicted octanol–water partition coefficient (Wildman–Crippen LogP) is 1.93. The molecule has 0 bridgehead atoms. The molecule has 2 amide bonds. The summed E-state index contributed by atoms with van der Waals surface area (Å²) in [5.41, 5.74) is 0.120. The number of hydrogen-bond acceptors (Lipinski definition) is 4. The fraction of sp³-hybridized carbons (Fsp3) is 0.905.